The van der Waals surface area contributed by atoms with Crippen molar-refractivity contribution in [2.24, 2.45) is 5.92 Å². The van der Waals surface area contributed by atoms with Crippen LogP contribution in [0.4, 0.5) is 0 Å². The van der Waals surface area contributed by atoms with Gasteiger partial charge in [0.15, 0.2) is 0 Å². The standard InChI is InChI=1S/C17H17N3O.ClH/c1-11-7-8-15-13(9-11)16-14(10-18-15)17(21)20(19-16)12-5-3-2-4-6-12;/h2-6,10-11,18H,7-9H2,1H3;1H. The van der Waals surface area contributed by atoms with Crippen LogP contribution in [0.2, 0.25) is 0 Å². The number of pyridine rings is 1. The van der Waals surface area contributed by atoms with E-state index in [2.05, 4.69) is 17.0 Å². The van der Waals surface area contributed by atoms with Crippen molar-refractivity contribution >= 4 is 12.4 Å². The molecule has 1 N–H and O–H groups in total. The van der Waals surface area contributed by atoms with Gasteiger partial charge in [0.1, 0.15) is 5.69 Å². The van der Waals surface area contributed by atoms with E-state index in [1.54, 1.807) is 0 Å². The van der Waals surface area contributed by atoms with Crippen molar-refractivity contribution in [2.75, 3.05) is 0 Å². The predicted molar refractivity (Wildman–Crippen MR) is 89.2 cm³/mol. The summed E-state index contributed by atoms with van der Waals surface area (Å²) in [6.45, 7) is 2.26. The molecule has 4 nitrogen and oxygen atoms in total. The average molecular weight is 316 g/mol. The number of aromatic nitrogens is 3. The van der Waals surface area contributed by atoms with E-state index in [1.807, 2.05) is 36.5 Å². The number of halogens is 1. The molecule has 0 saturated carbocycles. The van der Waals surface area contributed by atoms with Gasteiger partial charge >= 0.3 is 0 Å². The topological polar surface area (TPSA) is 50.7 Å². The van der Waals surface area contributed by atoms with Gasteiger partial charge < -0.3 is 4.98 Å². The Morgan fingerprint density at radius 3 is 2.82 bits per heavy atom. The third kappa shape index (κ3) is 2.24. The molecule has 0 amide bonds. The van der Waals surface area contributed by atoms with Gasteiger partial charge in [0.2, 0.25) is 0 Å². The van der Waals surface area contributed by atoms with Crippen LogP contribution in [0.3, 0.4) is 0 Å². The Bertz CT molecular complexity index is 822. The van der Waals surface area contributed by atoms with E-state index in [0.29, 0.717) is 11.5 Å². The average Bonchev–Trinajstić information content (AvgIpc) is 2.86. The first-order valence-corrected chi connectivity index (χ1v) is 7.41. The summed E-state index contributed by atoms with van der Waals surface area (Å²) < 4.78 is 1.51. The smallest absolute Gasteiger partial charge is 0.282 e. The largest absolute Gasteiger partial charge is 0.364 e. The molecule has 1 aromatic rings. The zero-order valence-corrected chi connectivity index (χ0v) is 13.2. The number of nitrogens with zero attached hydrogens (tertiary/aromatic N) is 2. The molecule has 0 aromatic heterocycles. The van der Waals surface area contributed by atoms with Crippen molar-refractivity contribution in [3.63, 3.8) is 0 Å². The molecule has 114 valence electrons. The molecule has 3 aliphatic rings. The molecule has 0 spiro atoms. The first-order chi connectivity index (χ1) is 10.2. The second kappa shape index (κ2) is 5.61. The highest BCUT2D eigenvalue weighted by atomic mass is 35.5. The Balaban J connectivity index is 0.00000144. The SMILES string of the molecule is CC1CCc2[nH]cc3c(=O)n(-c4ccccc4)nc-3c2C1.Cl. The number of aromatic amines is 1. The zero-order valence-electron chi connectivity index (χ0n) is 12.4. The fourth-order valence-corrected chi connectivity index (χ4v) is 3.19. The predicted octanol–water partition coefficient (Wildman–Crippen LogP) is 3.21. The van der Waals surface area contributed by atoms with Crippen LogP contribution in [0.1, 0.15) is 24.6 Å². The Kier molecular flexibility index (Phi) is 3.79. The summed E-state index contributed by atoms with van der Waals surface area (Å²) in [5.74, 6) is 0.647. The van der Waals surface area contributed by atoms with Gasteiger partial charge in [-0.2, -0.15) is 9.78 Å². The van der Waals surface area contributed by atoms with Crippen LogP contribution in [0.5, 0.6) is 0 Å². The molecule has 2 heterocycles. The second-order valence-electron chi connectivity index (χ2n) is 5.91. The van der Waals surface area contributed by atoms with Gasteiger partial charge in [0, 0.05) is 11.9 Å². The Hall–Kier alpha value is -2.07. The van der Waals surface area contributed by atoms with Gasteiger partial charge in [-0.05, 0) is 42.9 Å². The highest BCUT2D eigenvalue weighted by molar-refractivity contribution is 5.85. The maximum atomic E-state index is 12.6. The molecule has 1 atom stereocenters. The Labute approximate surface area is 134 Å². The van der Waals surface area contributed by atoms with Gasteiger partial charge in [0.25, 0.3) is 5.56 Å². The van der Waals surface area contributed by atoms with Crippen LogP contribution in [0.25, 0.3) is 16.9 Å². The molecule has 2 aliphatic heterocycles. The summed E-state index contributed by atoms with van der Waals surface area (Å²) in [7, 11) is 0. The van der Waals surface area contributed by atoms with Crippen LogP contribution in [0, 0.1) is 5.92 Å². The van der Waals surface area contributed by atoms with Crippen LogP contribution < -0.4 is 5.56 Å². The first kappa shape index (κ1) is 14.9. The maximum absolute atomic E-state index is 12.6. The van der Waals surface area contributed by atoms with Crippen molar-refractivity contribution in [2.45, 2.75) is 26.2 Å². The van der Waals surface area contributed by atoms with Crippen LogP contribution in [0.15, 0.2) is 41.3 Å². The highest BCUT2D eigenvalue weighted by Gasteiger charge is 2.25. The molecule has 1 unspecified atom stereocenters. The lowest BCUT2D eigenvalue weighted by Gasteiger charge is -2.22. The van der Waals surface area contributed by atoms with E-state index in [1.165, 1.54) is 22.4 Å². The summed E-state index contributed by atoms with van der Waals surface area (Å²) in [6, 6.07) is 9.60. The Morgan fingerprint density at radius 2 is 2.05 bits per heavy atom. The fourth-order valence-electron chi connectivity index (χ4n) is 3.19. The number of benzene rings is 1. The number of fused-ring (bicyclic) bond motifs is 3. The number of hydrogen-bond donors (Lipinski definition) is 1. The molecule has 0 bridgehead atoms. The number of para-hydroxylation sites is 1. The normalized spacial score (nSPS) is 17.0. The minimum absolute atomic E-state index is 0. The van der Waals surface area contributed by atoms with E-state index >= 15 is 0 Å². The van der Waals surface area contributed by atoms with E-state index in [0.717, 1.165) is 24.2 Å². The van der Waals surface area contributed by atoms with E-state index in [9.17, 15) is 4.79 Å². The van der Waals surface area contributed by atoms with E-state index in [4.69, 9.17) is 0 Å². The molecule has 0 saturated heterocycles. The first-order valence-electron chi connectivity index (χ1n) is 7.41. The maximum Gasteiger partial charge on any atom is 0.282 e. The molecule has 1 aliphatic carbocycles. The fraction of sp³-hybridized carbons (Fsp3) is 0.294. The minimum atomic E-state index is -0.0477. The van der Waals surface area contributed by atoms with Gasteiger partial charge in [-0.25, -0.2) is 0 Å². The van der Waals surface area contributed by atoms with Crippen molar-refractivity contribution < 1.29 is 0 Å². The molecule has 0 radical (unpaired) electrons. The van der Waals surface area contributed by atoms with Gasteiger partial charge in [-0.3, -0.25) is 4.79 Å². The van der Waals surface area contributed by atoms with E-state index < -0.39 is 0 Å². The molecular formula is C17H18ClN3O. The third-order valence-corrected chi connectivity index (χ3v) is 4.36. The number of aryl methyl sites for hydroxylation is 1. The van der Waals surface area contributed by atoms with Crippen LogP contribution >= 0.6 is 12.4 Å². The van der Waals surface area contributed by atoms with Crippen molar-refractivity contribution in [1.82, 2.24) is 14.8 Å². The van der Waals surface area contributed by atoms with Crippen LogP contribution in [-0.2, 0) is 12.8 Å². The summed E-state index contributed by atoms with van der Waals surface area (Å²) in [6.07, 6.45) is 5.05. The number of nitrogens with one attached hydrogen (secondary N) is 1. The van der Waals surface area contributed by atoms with Gasteiger partial charge in [-0.1, -0.05) is 25.1 Å². The number of hydrogen-bond acceptors (Lipinski definition) is 2. The lowest BCUT2D eigenvalue weighted by Crippen LogP contribution is -2.16. The number of H-pyrrole nitrogens is 1. The quantitative estimate of drug-likeness (QED) is 0.749. The third-order valence-electron chi connectivity index (χ3n) is 4.36. The molecule has 22 heavy (non-hydrogen) atoms. The van der Waals surface area contributed by atoms with Crippen molar-refractivity contribution in [3.8, 4) is 16.9 Å². The monoisotopic (exact) mass is 315 g/mol. The summed E-state index contributed by atoms with van der Waals surface area (Å²) in [4.78, 5) is 15.9. The molecule has 5 heteroatoms. The zero-order chi connectivity index (χ0) is 14.4. The summed E-state index contributed by atoms with van der Waals surface area (Å²) >= 11 is 0. The van der Waals surface area contributed by atoms with Crippen molar-refractivity contribution in [3.05, 3.63) is 58.1 Å². The van der Waals surface area contributed by atoms with Crippen molar-refractivity contribution in [1.29, 1.82) is 0 Å². The lowest BCUT2D eigenvalue weighted by atomic mass is 9.86. The Morgan fingerprint density at radius 1 is 1.27 bits per heavy atom. The molecular weight excluding hydrogens is 298 g/mol. The van der Waals surface area contributed by atoms with Gasteiger partial charge in [0.05, 0.1) is 11.3 Å². The summed E-state index contributed by atoms with van der Waals surface area (Å²) in [5, 5.41) is 4.61. The second-order valence-corrected chi connectivity index (χ2v) is 5.91. The molecule has 4 rings (SSSR count). The summed E-state index contributed by atoms with van der Waals surface area (Å²) in [5.41, 5.74) is 4.77. The lowest BCUT2D eigenvalue weighted by molar-refractivity contribution is 0.494. The molecule has 0 fully saturated rings. The highest BCUT2D eigenvalue weighted by Crippen LogP contribution is 2.31. The number of rotatable bonds is 1. The molecule has 1 aromatic carbocycles. The van der Waals surface area contributed by atoms with E-state index in [-0.39, 0.29) is 18.0 Å². The van der Waals surface area contributed by atoms with Gasteiger partial charge in [-0.15, -0.1) is 12.4 Å². The minimum Gasteiger partial charge on any atom is -0.364 e. The van der Waals surface area contributed by atoms with Crippen LogP contribution in [-0.4, -0.2) is 14.8 Å².